The molecule has 1 N–H and O–H groups in total. The van der Waals surface area contributed by atoms with Crippen molar-refractivity contribution >= 4 is 21.8 Å². The fourth-order valence-electron chi connectivity index (χ4n) is 0.971. The van der Waals surface area contributed by atoms with E-state index in [9.17, 15) is 13.6 Å². The molecular formula is C10H8BrF2NO. The summed E-state index contributed by atoms with van der Waals surface area (Å²) in [5, 5.41) is 2.42. The first-order chi connectivity index (χ1) is 7.04. The van der Waals surface area contributed by atoms with Crippen molar-refractivity contribution in [3.8, 4) is 0 Å². The Hall–Kier alpha value is -1.23. The van der Waals surface area contributed by atoms with Crippen molar-refractivity contribution in [3.05, 3.63) is 46.5 Å². The normalized spacial score (nSPS) is 9.80. The van der Waals surface area contributed by atoms with Crippen LogP contribution in [-0.4, -0.2) is 5.91 Å². The fraction of sp³-hybridized carbons (Fsp3) is 0.100. The van der Waals surface area contributed by atoms with Gasteiger partial charge >= 0.3 is 0 Å². The molecular weight excluding hydrogens is 268 g/mol. The van der Waals surface area contributed by atoms with Gasteiger partial charge in [0.15, 0.2) is 0 Å². The van der Waals surface area contributed by atoms with E-state index in [0.29, 0.717) is 5.56 Å². The van der Waals surface area contributed by atoms with Gasteiger partial charge in [-0.15, -0.1) is 0 Å². The highest BCUT2D eigenvalue weighted by Gasteiger charge is 2.08. The predicted octanol–water partition coefficient (Wildman–Crippen LogP) is 2.53. The van der Waals surface area contributed by atoms with E-state index in [2.05, 4.69) is 27.8 Å². The molecule has 0 aliphatic heterocycles. The van der Waals surface area contributed by atoms with Crippen molar-refractivity contribution < 1.29 is 13.6 Å². The van der Waals surface area contributed by atoms with Crippen LogP contribution in [0.15, 0.2) is 29.3 Å². The highest BCUT2D eigenvalue weighted by Crippen LogP contribution is 2.20. The second kappa shape index (κ2) is 5.02. The molecule has 80 valence electrons. The van der Waals surface area contributed by atoms with Crippen molar-refractivity contribution in [1.82, 2.24) is 5.32 Å². The summed E-state index contributed by atoms with van der Waals surface area (Å²) >= 11 is 2.75. The van der Waals surface area contributed by atoms with Gasteiger partial charge in [-0.25, -0.2) is 8.78 Å². The molecule has 0 saturated carbocycles. The monoisotopic (exact) mass is 275 g/mol. The summed E-state index contributed by atoms with van der Waals surface area (Å²) < 4.78 is 25.8. The molecule has 0 saturated heterocycles. The number of hydrogen-bond donors (Lipinski definition) is 1. The third kappa shape index (κ3) is 3.13. The second-order valence-electron chi connectivity index (χ2n) is 2.80. The molecule has 0 bridgehead atoms. The quantitative estimate of drug-likeness (QED) is 0.667. The van der Waals surface area contributed by atoms with E-state index in [1.165, 1.54) is 0 Å². The van der Waals surface area contributed by atoms with Gasteiger partial charge in [0.1, 0.15) is 11.6 Å². The number of amides is 1. The molecule has 0 aliphatic rings. The van der Waals surface area contributed by atoms with Crippen LogP contribution >= 0.6 is 15.9 Å². The first-order valence-corrected chi connectivity index (χ1v) is 4.87. The van der Waals surface area contributed by atoms with Crippen LogP contribution < -0.4 is 5.32 Å². The lowest BCUT2D eigenvalue weighted by molar-refractivity contribution is -0.116. The van der Waals surface area contributed by atoms with E-state index in [1.807, 2.05) is 0 Å². The summed E-state index contributed by atoms with van der Waals surface area (Å²) in [7, 11) is 0. The third-order valence-electron chi connectivity index (χ3n) is 1.70. The number of hydrogen-bond acceptors (Lipinski definition) is 1. The Balaban J connectivity index is 2.79. The zero-order chi connectivity index (χ0) is 11.4. The van der Waals surface area contributed by atoms with Crippen molar-refractivity contribution in [3.63, 3.8) is 0 Å². The molecule has 0 unspecified atom stereocenters. The fourth-order valence-corrected chi connectivity index (χ4v) is 1.20. The van der Waals surface area contributed by atoms with E-state index >= 15 is 0 Å². The summed E-state index contributed by atoms with van der Waals surface area (Å²) in [6.45, 7) is 3.32. The molecule has 1 aromatic carbocycles. The summed E-state index contributed by atoms with van der Waals surface area (Å²) in [6.07, 6.45) is 1.09. The Kier molecular flexibility index (Phi) is 3.96. The molecule has 0 aromatic heterocycles. The van der Waals surface area contributed by atoms with Crippen LogP contribution in [0.5, 0.6) is 0 Å². The van der Waals surface area contributed by atoms with Crippen molar-refractivity contribution in [2.75, 3.05) is 0 Å². The molecule has 2 nitrogen and oxygen atoms in total. The number of carbonyl (C=O) groups is 1. The van der Waals surface area contributed by atoms with Gasteiger partial charge in [-0.1, -0.05) is 6.58 Å². The third-order valence-corrected chi connectivity index (χ3v) is 2.45. The van der Waals surface area contributed by atoms with Gasteiger partial charge in [-0.05, 0) is 39.7 Å². The van der Waals surface area contributed by atoms with E-state index in [-0.39, 0.29) is 11.0 Å². The minimum atomic E-state index is -0.696. The molecule has 0 fully saturated rings. The lowest BCUT2D eigenvalue weighted by Crippen LogP contribution is -2.20. The zero-order valence-electron chi connectivity index (χ0n) is 7.69. The predicted molar refractivity (Wildman–Crippen MR) is 56.1 cm³/mol. The van der Waals surface area contributed by atoms with Crippen LogP contribution in [0.4, 0.5) is 8.78 Å². The Morgan fingerprint density at radius 2 is 2.00 bits per heavy atom. The smallest absolute Gasteiger partial charge is 0.243 e. The Labute approximate surface area is 94.1 Å². The summed E-state index contributed by atoms with van der Waals surface area (Å²) in [6, 6.07) is 2.30. The summed E-state index contributed by atoms with van der Waals surface area (Å²) in [4.78, 5) is 10.8. The Bertz CT molecular complexity index is 383. The van der Waals surface area contributed by atoms with E-state index in [0.717, 1.165) is 18.2 Å². The van der Waals surface area contributed by atoms with E-state index < -0.39 is 17.5 Å². The van der Waals surface area contributed by atoms with Crippen LogP contribution in [0.2, 0.25) is 0 Å². The number of rotatable bonds is 3. The molecule has 5 heteroatoms. The molecule has 0 radical (unpaired) electrons. The maximum atomic E-state index is 13.0. The highest BCUT2D eigenvalue weighted by molar-refractivity contribution is 9.10. The standard InChI is InChI=1S/C10H8BrF2NO/c1-2-9(15)14-5-6-3-7(12)10(11)8(13)4-6/h2-4H,1,5H2,(H,14,15). The minimum absolute atomic E-state index is 0.0615. The first-order valence-electron chi connectivity index (χ1n) is 4.08. The average Bonchev–Trinajstić information content (AvgIpc) is 2.22. The van der Waals surface area contributed by atoms with Crippen LogP contribution in [0.3, 0.4) is 0 Å². The lowest BCUT2D eigenvalue weighted by atomic mass is 10.2. The molecule has 0 atom stereocenters. The molecule has 1 rings (SSSR count). The summed E-state index contributed by atoms with van der Waals surface area (Å²) in [5.74, 6) is -1.78. The first kappa shape index (κ1) is 11.8. The van der Waals surface area contributed by atoms with Gasteiger partial charge in [-0.3, -0.25) is 4.79 Å². The Morgan fingerprint density at radius 3 is 2.47 bits per heavy atom. The van der Waals surface area contributed by atoms with Crippen molar-refractivity contribution in [2.45, 2.75) is 6.54 Å². The SMILES string of the molecule is C=CC(=O)NCc1cc(F)c(Br)c(F)c1. The van der Waals surface area contributed by atoms with Gasteiger partial charge < -0.3 is 5.32 Å². The summed E-state index contributed by atoms with van der Waals surface area (Å²) in [5.41, 5.74) is 0.350. The molecule has 0 aliphatic carbocycles. The Morgan fingerprint density at radius 1 is 1.47 bits per heavy atom. The highest BCUT2D eigenvalue weighted by atomic mass is 79.9. The maximum absolute atomic E-state index is 13.0. The van der Waals surface area contributed by atoms with Gasteiger partial charge in [0, 0.05) is 6.54 Å². The topological polar surface area (TPSA) is 29.1 Å². The number of benzene rings is 1. The largest absolute Gasteiger partial charge is 0.348 e. The van der Waals surface area contributed by atoms with E-state index in [1.54, 1.807) is 0 Å². The maximum Gasteiger partial charge on any atom is 0.243 e. The van der Waals surface area contributed by atoms with Crippen LogP contribution in [0, 0.1) is 11.6 Å². The van der Waals surface area contributed by atoms with Gasteiger partial charge in [0.2, 0.25) is 5.91 Å². The van der Waals surface area contributed by atoms with Crippen molar-refractivity contribution in [1.29, 1.82) is 0 Å². The van der Waals surface area contributed by atoms with Crippen LogP contribution in [0.1, 0.15) is 5.56 Å². The molecule has 0 spiro atoms. The van der Waals surface area contributed by atoms with Crippen molar-refractivity contribution in [2.24, 2.45) is 0 Å². The molecule has 15 heavy (non-hydrogen) atoms. The van der Waals surface area contributed by atoms with Crippen LogP contribution in [0.25, 0.3) is 0 Å². The van der Waals surface area contributed by atoms with Gasteiger partial charge in [-0.2, -0.15) is 0 Å². The number of carbonyl (C=O) groups excluding carboxylic acids is 1. The van der Waals surface area contributed by atoms with E-state index in [4.69, 9.17) is 0 Å². The van der Waals surface area contributed by atoms with Crippen LogP contribution in [-0.2, 0) is 11.3 Å². The lowest BCUT2D eigenvalue weighted by Gasteiger charge is -2.04. The van der Waals surface area contributed by atoms with Gasteiger partial charge in [0.05, 0.1) is 4.47 Å². The second-order valence-corrected chi connectivity index (χ2v) is 3.59. The minimum Gasteiger partial charge on any atom is -0.348 e. The molecule has 0 heterocycles. The molecule has 1 aromatic rings. The average molecular weight is 276 g/mol. The zero-order valence-corrected chi connectivity index (χ0v) is 9.27. The number of halogens is 3. The number of nitrogens with one attached hydrogen (secondary N) is 1. The van der Waals surface area contributed by atoms with Gasteiger partial charge in [0.25, 0.3) is 0 Å². The molecule has 1 amide bonds.